The Bertz CT molecular complexity index is 2010. The fourth-order valence-corrected chi connectivity index (χ4v) is 5.72. The van der Waals surface area contributed by atoms with Crippen molar-refractivity contribution in [2.45, 2.75) is 18.8 Å². The van der Waals surface area contributed by atoms with Crippen LogP contribution < -0.4 is 0 Å². The van der Waals surface area contributed by atoms with E-state index in [9.17, 15) is 26.3 Å². The molecule has 222 valence electrons. The third-order valence-corrected chi connectivity index (χ3v) is 7.52. The van der Waals surface area contributed by atoms with Gasteiger partial charge in [0.2, 0.25) is 0 Å². The van der Waals surface area contributed by atoms with E-state index in [2.05, 4.69) is 30.4 Å². The average Bonchev–Trinajstić information content (AvgIpc) is 3.75. The van der Waals surface area contributed by atoms with Crippen LogP contribution in [0, 0.1) is 0 Å². The topological polar surface area (TPSA) is 83.1 Å². The van der Waals surface area contributed by atoms with Gasteiger partial charge in [0.15, 0.2) is 0 Å². The van der Waals surface area contributed by atoms with Crippen LogP contribution in [0.25, 0.3) is 56.2 Å². The molecule has 2 N–H and O–H groups in total. The van der Waals surface area contributed by atoms with Crippen molar-refractivity contribution in [3.63, 3.8) is 0 Å². The second-order valence-electron chi connectivity index (χ2n) is 9.96. The Labute approximate surface area is 259 Å². The first kappa shape index (κ1) is 29.5. The van der Waals surface area contributed by atoms with Gasteiger partial charge in [0.05, 0.1) is 35.2 Å². The molecule has 0 radical (unpaired) electrons. The average molecular weight is 784 g/mol. The summed E-state index contributed by atoms with van der Waals surface area (Å²) in [6, 6.07) is 17.3. The van der Waals surface area contributed by atoms with Crippen molar-refractivity contribution in [1.29, 1.82) is 0 Å². The van der Waals surface area contributed by atoms with Gasteiger partial charge >= 0.3 is 33.4 Å². The number of aromatic amines is 2. The van der Waals surface area contributed by atoms with Crippen LogP contribution in [0.4, 0.5) is 26.3 Å². The number of pyridine rings is 2. The standard InChI is InChI=1S/C31H18F6N6.Pt/c32-30(33,34)23-14-40-42-27(23)20-7-3-11-38-26(20)19-10-9-18-17-6-2-1-5-16(17)13-22(18)25(19)29-21(8-4-12-39-29)28-24(15-41-43-28)31(35,36)37;/h1-12,14-15H,13H2,(H,40,42)(H,41,43);/q;+2. The molecule has 6 aromatic rings. The zero-order chi connectivity index (χ0) is 29.9. The van der Waals surface area contributed by atoms with Gasteiger partial charge in [0, 0.05) is 34.6 Å². The summed E-state index contributed by atoms with van der Waals surface area (Å²) in [4.78, 5) is 9.06. The number of hydrogen-bond acceptors (Lipinski definition) is 4. The SMILES string of the molecule is FC(F)(F)c1cn[nH]c1-c1cccnc1-c1ccc2c(c1-c1ncccc1-c1[nH]ncc1C(F)(F)F)Cc1ccccc1-2.[Pt+2]. The summed E-state index contributed by atoms with van der Waals surface area (Å²) in [5.74, 6) is 0. The summed E-state index contributed by atoms with van der Waals surface area (Å²) in [5, 5.41) is 12.2. The van der Waals surface area contributed by atoms with Gasteiger partial charge in [0.1, 0.15) is 11.1 Å². The number of halogens is 6. The summed E-state index contributed by atoms with van der Waals surface area (Å²) in [7, 11) is 0. The van der Waals surface area contributed by atoms with E-state index in [4.69, 9.17) is 0 Å². The molecule has 7 rings (SSSR count). The fraction of sp³-hybridized carbons (Fsp3) is 0.0968. The normalized spacial score (nSPS) is 12.5. The van der Waals surface area contributed by atoms with Crippen LogP contribution in [-0.4, -0.2) is 30.4 Å². The van der Waals surface area contributed by atoms with Crippen molar-refractivity contribution in [3.8, 4) is 56.2 Å². The molecule has 6 nitrogen and oxygen atoms in total. The van der Waals surface area contributed by atoms with Gasteiger partial charge < -0.3 is 0 Å². The van der Waals surface area contributed by atoms with Crippen LogP contribution in [-0.2, 0) is 39.8 Å². The van der Waals surface area contributed by atoms with Crippen molar-refractivity contribution in [1.82, 2.24) is 30.4 Å². The molecule has 0 saturated heterocycles. The second-order valence-corrected chi connectivity index (χ2v) is 9.96. The third kappa shape index (κ3) is 4.83. The number of rotatable bonds is 4. The Hall–Kier alpha value is -4.57. The summed E-state index contributed by atoms with van der Waals surface area (Å²) >= 11 is 0. The van der Waals surface area contributed by atoms with E-state index in [1.807, 2.05) is 30.3 Å². The minimum absolute atomic E-state index is 0. The molecule has 1 aliphatic carbocycles. The molecular formula is C31H18F6N6Pt+2. The number of aromatic nitrogens is 6. The molecule has 4 heterocycles. The molecule has 0 bridgehead atoms. The van der Waals surface area contributed by atoms with Crippen LogP contribution in [0.15, 0.2) is 85.5 Å². The van der Waals surface area contributed by atoms with E-state index in [-0.39, 0.29) is 55.0 Å². The molecule has 0 atom stereocenters. The molecule has 0 aliphatic heterocycles. The maximum absolute atomic E-state index is 14.0. The number of hydrogen-bond donors (Lipinski definition) is 2. The van der Waals surface area contributed by atoms with Gasteiger partial charge in [-0.05, 0) is 52.9 Å². The zero-order valence-corrected chi connectivity index (χ0v) is 24.4. The number of benzene rings is 2. The largest absolute Gasteiger partial charge is 2.00 e. The van der Waals surface area contributed by atoms with Gasteiger partial charge in [-0.15, -0.1) is 0 Å². The van der Waals surface area contributed by atoms with Crippen molar-refractivity contribution in [3.05, 3.63) is 108 Å². The predicted molar refractivity (Wildman–Crippen MR) is 146 cm³/mol. The molecule has 0 unspecified atom stereocenters. The number of fused-ring (bicyclic) bond motifs is 3. The molecule has 1 aliphatic rings. The van der Waals surface area contributed by atoms with Crippen molar-refractivity contribution < 1.29 is 47.4 Å². The van der Waals surface area contributed by atoms with E-state index in [1.54, 1.807) is 6.07 Å². The molecule has 0 spiro atoms. The Kier molecular flexibility index (Phi) is 7.28. The fourth-order valence-electron chi connectivity index (χ4n) is 5.72. The van der Waals surface area contributed by atoms with E-state index in [1.165, 1.54) is 36.7 Å². The molecule has 0 amide bonds. The van der Waals surface area contributed by atoms with Crippen LogP contribution >= 0.6 is 0 Å². The second kappa shape index (κ2) is 10.9. The zero-order valence-electron chi connectivity index (χ0n) is 22.2. The number of nitrogens with one attached hydrogen (secondary N) is 2. The Morgan fingerprint density at radius 1 is 0.568 bits per heavy atom. The van der Waals surface area contributed by atoms with E-state index in [0.29, 0.717) is 29.9 Å². The van der Waals surface area contributed by atoms with Gasteiger partial charge in [-0.2, -0.15) is 36.5 Å². The van der Waals surface area contributed by atoms with Crippen molar-refractivity contribution >= 4 is 0 Å². The summed E-state index contributed by atoms with van der Waals surface area (Å²) in [6.45, 7) is 0. The predicted octanol–water partition coefficient (Wildman–Crippen LogP) is 8.20. The Morgan fingerprint density at radius 2 is 1.09 bits per heavy atom. The molecule has 13 heteroatoms. The monoisotopic (exact) mass is 783 g/mol. The minimum atomic E-state index is -4.70. The first-order chi connectivity index (χ1) is 20.6. The van der Waals surface area contributed by atoms with E-state index < -0.39 is 23.5 Å². The van der Waals surface area contributed by atoms with Crippen LogP contribution in [0.2, 0.25) is 0 Å². The van der Waals surface area contributed by atoms with Gasteiger partial charge in [0.25, 0.3) is 0 Å². The summed E-state index contributed by atoms with van der Waals surface area (Å²) in [6.07, 6.45) is -4.63. The molecule has 4 aromatic heterocycles. The summed E-state index contributed by atoms with van der Waals surface area (Å²) in [5.41, 5.74) is 2.58. The minimum Gasteiger partial charge on any atom is -0.277 e. The number of alkyl halides is 6. The smallest absolute Gasteiger partial charge is 0.277 e. The van der Waals surface area contributed by atoms with E-state index >= 15 is 0 Å². The Morgan fingerprint density at radius 3 is 1.70 bits per heavy atom. The third-order valence-electron chi connectivity index (χ3n) is 7.52. The summed E-state index contributed by atoms with van der Waals surface area (Å²) < 4.78 is 83.8. The molecular weight excluding hydrogens is 765 g/mol. The van der Waals surface area contributed by atoms with Crippen LogP contribution in [0.5, 0.6) is 0 Å². The van der Waals surface area contributed by atoms with Gasteiger partial charge in [-0.25, -0.2) is 0 Å². The molecule has 0 fully saturated rings. The van der Waals surface area contributed by atoms with Crippen molar-refractivity contribution in [2.75, 3.05) is 0 Å². The maximum Gasteiger partial charge on any atom is 2.00 e. The van der Waals surface area contributed by atoms with E-state index in [0.717, 1.165) is 22.3 Å². The molecule has 2 aromatic carbocycles. The first-order valence-electron chi connectivity index (χ1n) is 13.0. The maximum atomic E-state index is 14.0. The first-order valence-corrected chi connectivity index (χ1v) is 13.0. The van der Waals surface area contributed by atoms with Gasteiger partial charge in [-0.3, -0.25) is 20.2 Å². The van der Waals surface area contributed by atoms with Crippen molar-refractivity contribution in [2.24, 2.45) is 0 Å². The Balaban J connectivity index is 0.00000343. The van der Waals surface area contributed by atoms with Crippen LogP contribution in [0.1, 0.15) is 22.3 Å². The number of H-pyrrole nitrogens is 2. The van der Waals surface area contributed by atoms with Crippen LogP contribution in [0.3, 0.4) is 0 Å². The molecule has 0 saturated carbocycles. The molecule has 44 heavy (non-hydrogen) atoms. The number of nitrogens with zero attached hydrogens (tertiary/aromatic N) is 4. The quantitative estimate of drug-likeness (QED) is 0.177. The van der Waals surface area contributed by atoms with Gasteiger partial charge in [-0.1, -0.05) is 36.4 Å².